The Labute approximate surface area is 159 Å². The van der Waals surface area contributed by atoms with Crippen LogP contribution in [0.3, 0.4) is 0 Å². The van der Waals surface area contributed by atoms with Crippen molar-refractivity contribution < 1.29 is 24.1 Å². The fourth-order valence-electron chi connectivity index (χ4n) is 3.29. The fraction of sp³-hybridized carbons (Fsp3) is 0.350. The summed E-state index contributed by atoms with van der Waals surface area (Å²) in [5.74, 6) is -0.939. The minimum absolute atomic E-state index is 0.0888. The Morgan fingerprint density at radius 2 is 1.85 bits per heavy atom. The van der Waals surface area contributed by atoms with E-state index in [1.54, 1.807) is 24.3 Å². The molecule has 1 fully saturated rings. The first kappa shape index (κ1) is 19.6. The summed E-state index contributed by atoms with van der Waals surface area (Å²) in [6.07, 6.45) is 0.894. The molecule has 1 heterocycles. The monoisotopic (exact) mass is 388 g/mol. The SMILES string of the molecule is O=C(O)c1ccc(C[C@@H]2CO[C@@H](C(Cc3ccccc3)[P+](=O)O)CN2)cc1. The number of ether oxygens (including phenoxy) is 1. The summed E-state index contributed by atoms with van der Waals surface area (Å²) in [6.45, 7) is 0.955. The Balaban J connectivity index is 1.55. The van der Waals surface area contributed by atoms with Crippen LogP contribution in [0.4, 0.5) is 0 Å². The van der Waals surface area contributed by atoms with Crippen molar-refractivity contribution in [2.75, 3.05) is 13.2 Å². The molecule has 6 nitrogen and oxygen atoms in total. The first-order chi connectivity index (χ1) is 13.0. The molecule has 0 saturated carbocycles. The smallest absolute Gasteiger partial charge is 0.478 e. The number of morpholine rings is 1. The summed E-state index contributed by atoms with van der Waals surface area (Å²) < 4.78 is 17.8. The predicted molar refractivity (Wildman–Crippen MR) is 102 cm³/mol. The molecule has 1 aliphatic rings. The first-order valence-electron chi connectivity index (χ1n) is 8.89. The number of carbonyl (C=O) groups is 1. The highest BCUT2D eigenvalue weighted by Gasteiger charge is 2.40. The van der Waals surface area contributed by atoms with Crippen LogP contribution in [0.2, 0.25) is 0 Å². The van der Waals surface area contributed by atoms with E-state index < -0.39 is 19.7 Å². The van der Waals surface area contributed by atoms with Crippen molar-refractivity contribution >= 4 is 14.0 Å². The zero-order chi connectivity index (χ0) is 19.2. The number of hydrogen-bond donors (Lipinski definition) is 3. The molecule has 0 bridgehead atoms. The molecule has 1 saturated heterocycles. The Morgan fingerprint density at radius 3 is 2.41 bits per heavy atom. The van der Waals surface area contributed by atoms with Crippen LogP contribution in [0.25, 0.3) is 0 Å². The van der Waals surface area contributed by atoms with Crippen molar-refractivity contribution in [3.05, 3.63) is 71.3 Å². The summed E-state index contributed by atoms with van der Waals surface area (Å²) in [5, 5.41) is 12.3. The second kappa shape index (κ2) is 9.20. The van der Waals surface area contributed by atoms with Crippen molar-refractivity contribution in [3.8, 4) is 0 Å². The second-order valence-corrected chi connectivity index (χ2v) is 8.01. The molecule has 0 spiro atoms. The quantitative estimate of drug-likeness (QED) is 0.631. The van der Waals surface area contributed by atoms with E-state index >= 15 is 0 Å². The lowest BCUT2D eigenvalue weighted by Crippen LogP contribution is -2.51. The maximum Gasteiger partial charge on any atom is 0.511 e. The Hall–Kier alpha value is -2.11. The molecule has 1 aliphatic heterocycles. The second-order valence-electron chi connectivity index (χ2n) is 6.74. The van der Waals surface area contributed by atoms with Gasteiger partial charge in [-0.3, -0.25) is 0 Å². The molecule has 2 unspecified atom stereocenters. The number of nitrogens with one attached hydrogen (secondary N) is 1. The summed E-state index contributed by atoms with van der Waals surface area (Å²) in [5.41, 5.74) is 1.85. The number of carboxylic acids is 1. The lowest BCUT2D eigenvalue weighted by molar-refractivity contribution is 0.00137. The highest BCUT2D eigenvalue weighted by molar-refractivity contribution is 7.39. The number of aromatic carboxylic acids is 1. The van der Waals surface area contributed by atoms with Crippen LogP contribution < -0.4 is 5.32 Å². The van der Waals surface area contributed by atoms with Crippen molar-refractivity contribution in [2.24, 2.45) is 0 Å². The van der Waals surface area contributed by atoms with Crippen LogP contribution in [-0.2, 0) is 22.1 Å². The van der Waals surface area contributed by atoms with E-state index in [9.17, 15) is 14.3 Å². The Bertz CT molecular complexity index is 773. The van der Waals surface area contributed by atoms with Gasteiger partial charge in [-0.2, -0.15) is 4.89 Å². The van der Waals surface area contributed by atoms with Gasteiger partial charge >= 0.3 is 14.0 Å². The molecule has 3 N–H and O–H groups in total. The summed E-state index contributed by atoms with van der Waals surface area (Å²) in [6, 6.07) is 16.5. The maximum atomic E-state index is 11.9. The summed E-state index contributed by atoms with van der Waals surface area (Å²) in [4.78, 5) is 20.7. The molecule has 2 aromatic carbocycles. The number of rotatable bonds is 7. The molecule has 4 atom stereocenters. The third kappa shape index (κ3) is 5.44. The number of hydrogen-bond acceptors (Lipinski definition) is 4. The van der Waals surface area contributed by atoms with Crippen molar-refractivity contribution in [3.63, 3.8) is 0 Å². The van der Waals surface area contributed by atoms with Crippen molar-refractivity contribution in [1.29, 1.82) is 0 Å². The average Bonchev–Trinajstić information content (AvgIpc) is 2.68. The van der Waals surface area contributed by atoms with Gasteiger partial charge in [0.15, 0.2) is 0 Å². The summed E-state index contributed by atoms with van der Waals surface area (Å²) >= 11 is 0. The van der Waals surface area contributed by atoms with E-state index in [0.717, 1.165) is 11.1 Å². The third-order valence-electron chi connectivity index (χ3n) is 4.80. The van der Waals surface area contributed by atoms with Gasteiger partial charge in [0, 0.05) is 19.0 Å². The third-order valence-corrected chi connectivity index (χ3v) is 5.89. The predicted octanol–water partition coefficient (Wildman–Crippen LogP) is 2.63. The minimum atomic E-state index is -2.35. The maximum absolute atomic E-state index is 11.9. The van der Waals surface area contributed by atoms with Gasteiger partial charge in [0.2, 0.25) is 5.66 Å². The van der Waals surface area contributed by atoms with E-state index in [0.29, 0.717) is 26.0 Å². The van der Waals surface area contributed by atoms with E-state index in [1.807, 2.05) is 30.3 Å². The summed E-state index contributed by atoms with van der Waals surface area (Å²) in [7, 11) is -2.35. The molecular weight excluding hydrogens is 365 g/mol. The van der Waals surface area contributed by atoms with Crippen LogP contribution in [0.5, 0.6) is 0 Å². The average molecular weight is 388 g/mol. The standard InChI is InChI=1S/C20H22NO5P/c22-20(23)16-8-6-15(7-9-16)10-17-13-26-18(12-21-17)19(27(24)25)11-14-4-2-1-3-5-14/h1-9,17-19,21H,10-13H2,(H-,22,23,24,25)/p+1/t17-,18-,19?/m1/s1. The highest BCUT2D eigenvalue weighted by atomic mass is 31.1. The van der Waals surface area contributed by atoms with Gasteiger partial charge < -0.3 is 15.2 Å². The molecule has 7 heteroatoms. The normalized spacial score (nSPS) is 21.4. The number of benzene rings is 2. The highest BCUT2D eigenvalue weighted by Crippen LogP contribution is 2.31. The molecule has 0 amide bonds. The van der Waals surface area contributed by atoms with E-state index in [2.05, 4.69) is 5.32 Å². The van der Waals surface area contributed by atoms with E-state index in [-0.39, 0.29) is 17.7 Å². The number of carboxylic acid groups (broad SMARTS) is 1. The minimum Gasteiger partial charge on any atom is -0.478 e. The molecular formula is C20H23NO5P+. The van der Waals surface area contributed by atoms with Crippen LogP contribution in [0, 0.1) is 0 Å². The molecule has 142 valence electrons. The topological polar surface area (TPSA) is 95.9 Å². The van der Waals surface area contributed by atoms with Gasteiger partial charge in [-0.05, 0) is 34.2 Å². The lowest BCUT2D eigenvalue weighted by Gasteiger charge is -2.31. The van der Waals surface area contributed by atoms with Gasteiger partial charge in [0.25, 0.3) is 0 Å². The largest absolute Gasteiger partial charge is 0.511 e. The van der Waals surface area contributed by atoms with Gasteiger partial charge in [-0.1, -0.05) is 42.5 Å². The first-order valence-corrected chi connectivity index (χ1v) is 10.2. The molecule has 27 heavy (non-hydrogen) atoms. The van der Waals surface area contributed by atoms with Crippen LogP contribution in [-0.4, -0.2) is 46.9 Å². The Morgan fingerprint density at radius 1 is 1.15 bits per heavy atom. The molecule has 2 aromatic rings. The molecule has 0 aromatic heterocycles. The van der Waals surface area contributed by atoms with E-state index in [4.69, 9.17) is 9.84 Å². The lowest BCUT2D eigenvalue weighted by atomic mass is 10.0. The Kier molecular flexibility index (Phi) is 6.69. The van der Waals surface area contributed by atoms with E-state index in [1.165, 1.54) is 0 Å². The molecule has 0 aliphatic carbocycles. The van der Waals surface area contributed by atoms with Crippen molar-refractivity contribution in [2.45, 2.75) is 30.6 Å². The van der Waals surface area contributed by atoms with Gasteiger partial charge in [-0.25, -0.2) is 4.79 Å². The zero-order valence-corrected chi connectivity index (χ0v) is 15.7. The van der Waals surface area contributed by atoms with Gasteiger partial charge in [-0.15, -0.1) is 0 Å². The van der Waals surface area contributed by atoms with Crippen LogP contribution in [0.1, 0.15) is 21.5 Å². The fourth-order valence-corrected chi connectivity index (χ4v) is 4.14. The van der Waals surface area contributed by atoms with Crippen LogP contribution >= 0.6 is 8.03 Å². The van der Waals surface area contributed by atoms with Gasteiger partial charge in [0.1, 0.15) is 6.10 Å². The van der Waals surface area contributed by atoms with Crippen molar-refractivity contribution in [1.82, 2.24) is 5.32 Å². The molecule has 3 rings (SSSR count). The van der Waals surface area contributed by atoms with Crippen LogP contribution in [0.15, 0.2) is 54.6 Å². The zero-order valence-electron chi connectivity index (χ0n) is 14.8. The molecule has 0 radical (unpaired) electrons. The van der Waals surface area contributed by atoms with Gasteiger partial charge in [0.05, 0.1) is 12.2 Å².